The topological polar surface area (TPSA) is 51.1 Å². The molecule has 0 saturated heterocycles. The molecule has 3 rings (SSSR count). The van der Waals surface area contributed by atoms with Crippen molar-refractivity contribution in [2.45, 2.75) is 83.7 Å². The molecule has 1 saturated carbocycles. The Morgan fingerprint density at radius 2 is 1.96 bits per heavy atom. The maximum absolute atomic E-state index is 12.9. The summed E-state index contributed by atoms with van der Waals surface area (Å²) in [4.78, 5) is 25.5. The molecule has 0 radical (unpaired) electrons. The van der Waals surface area contributed by atoms with Crippen LogP contribution >= 0.6 is 0 Å². The van der Waals surface area contributed by atoms with Crippen LogP contribution < -0.4 is 10.9 Å². The highest BCUT2D eigenvalue weighted by molar-refractivity contribution is 5.94. The lowest BCUT2D eigenvalue weighted by Gasteiger charge is -2.22. The summed E-state index contributed by atoms with van der Waals surface area (Å²) in [7, 11) is 0. The van der Waals surface area contributed by atoms with Crippen molar-refractivity contribution in [3.8, 4) is 0 Å². The Labute approximate surface area is 138 Å². The highest BCUT2D eigenvalue weighted by Gasteiger charge is 2.23. The number of amides is 1. The molecule has 0 aromatic carbocycles. The van der Waals surface area contributed by atoms with Gasteiger partial charge in [0.2, 0.25) is 0 Å². The number of nitrogens with one attached hydrogen (secondary N) is 1. The van der Waals surface area contributed by atoms with E-state index in [0.717, 1.165) is 57.9 Å². The van der Waals surface area contributed by atoms with Crippen molar-refractivity contribution in [2.24, 2.45) is 0 Å². The van der Waals surface area contributed by atoms with E-state index in [1.54, 1.807) is 0 Å². The van der Waals surface area contributed by atoms with Crippen LogP contribution in [0.3, 0.4) is 0 Å². The van der Waals surface area contributed by atoms with Gasteiger partial charge in [-0.25, -0.2) is 0 Å². The van der Waals surface area contributed by atoms with E-state index in [0.29, 0.717) is 5.56 Å². The molecule has 0 unspecified atom stereocenters. The summed E-state index contributed by atoms with van der Waals surface area (Å²) in [5.74, 6) is -0.166. The minimum Gasteiger partial charge on any atom is -0.349 e. The van der Waals surface area contributed by atoms with Gasteiger partial charge in [-0.05, 0) is 56.6 Å². The lowest BCUT2D eigenvalue weighted by Crippen LogP contribution is -2.39. The first-order chi connectivity index (χ1) is 11.2. The maximum Gasteiger partial charge on any atom is 0.263 e. The Bertz CT molecular complexity index is 627. The Morgan fingerprint density at radius 3 is 2.70 bits per heavy atom. The molecule has 1 aromatic rings. The number of fused-ring (bicyclic) bond motifs is 1. The summed E-state index contributed by atoms with van der Waals surface area (Å²) < 4.78 is 1.89. The van der Waals surface area contributed by atoms with E-state index in [1.165, 1.54) is 24.1 Å². The average molecular weight is 316 g/mol. The molecule has 1 fully saturated rings. The van der Waals surface area contributed by atoms with Crippen molar-refractivity contribution < 1.29 is 4.79 Å². The molecular formula is C19H28N2O2. The largest absolute Gasteiger partial charge is 0.349 e. The number of aryl methyl sites for hydroxylation is 1. The standard InChI is InChI=1S/C19H28N2O2/c1-2-3-12-21-17-11-7-4-8-14(17)13-16(19(21)23)18(22)20-15-9-5-6-10-15/h13,15H,2-12H2,1H3,(H,20,22). The van der Waals surface area contributed by atoms with Crippen LogP contribution in [0.15, 0.2) is 10.9 Å². The number of carbonyl (C=O) groups excluding carboxylic acids is 1. The van der Waals surface area contributed by atoms with Gasteiger partial charge in [-0.2, -0.15) is 0 Å². The molecule has 1 aromatic heterocycles. The van der Waals surface area contributed by atoms with Crippen LogP contribution in [0.5, 0.6) is 0 Å². The zero-order chi connectivity index (χ0) is 16.2. The summed E-state index contributed by atoms with van der Waals surface area (Å²) in [6.45, 7) is 2.87. The van der Waals surface area contributed by atoms with E-state index in [-0.39, 0.29) is 17.5 Å². The van der Waals surface area contributed by atoms with E-state index in [1.807, 2.05) is 10.6 Å². The highest BCUT2D eigenvalue weighted by atomic mass is 16.2. The first kappa shape index (κ1) is 16.3. The first-order valence-corrected chi connectivity index (χ1v) is 9.27. The predicted molar refractivity (Wildman–Crippen MR) is 92.0 cm³/mol. The molecule has 0 bridgehead atoms. The Morgan fingerprint density at radius 1 is 1.22 bits per heavy atom. The number of unbranched alkanes of at least 4 members (excludes halogenated alkanes) is 1. The van der Waals surface area contributed by atoms with Gasteiger partial charge in [-0.1, -0.05) is 26.2 Å². The van der Waals surface area contributed by atoms with Crippen LogP contribution in [0.1, 0.15) is 79.9 Å². The van der Waals surface area contributed by atoms with Gasteiger partial charge in [0.1, 0.15) is 5.56 Å². The van der Waals surface area contributed by atoms with Crippen molar-refractivity contribution in [1.82, 2.24) is 9.88 Å². The van der Waals surface area contributed by atoms with Gasteiger partial charge < -0.3 is 9.88 Å². The molecule has 2 aliphatic rings. The second-order valence-electron chi connectivity index (χ2n) is 7.00. The normalized spacial score (nSPS) is 18.0. The minimum atomic E-state index is -0.166. The van der Waals surface area contributed by atoms with Gasteiger partial charge in [-0.15, -0.1) is 0 Å². The van der Waals surface area contributed by atoms with E-state index in [9.17, 15) is 9.59 Å². The fourth-order valence-electron chi connectivity index (χ4n) is 3.93. The molecule has 0 aliphatic heterocycles. The van der Waals surface area contributed by atoms with Gasteiger partial charge in [0.25, 0.3) is 11.5 Å². The highest BCUT2D eigenvalue weighted by Crippen LogP contribution is 2.22. The molecule has 2 aliphatic carbocycles. The molecule has 4 heteroatoms. The SMILES string of the molecule is CCCCn1c2c(cc(C(=O)NC3CCCC3)c1=O)CCCC2. The van der Waals surface area contributed by atoms with Crippen molar-refractivity contribution in [2.75, 3.05) is 0 Å². The van der Waals surface area contributed by atoms with Crippen LogP contribution in [0, 0.1) is 0 Å². The summed E-state index contributed by atoms with van der Waals surface area (Å²) in [6.07, 6.45) is 10.7. The molecule has 23 heavy (non-hydrogen) atoms. The molecule has 4 nitrogen and oxygen atoms in total. The number of hydrogen-bond acceptors (Lipinski definition) is 2. The van der Waals surface area contributed by atoms with Gasteiger partial charge >= 0.3 is 0 Å². The number of nitrogens with zero attached hydrogens (tertiary/aromatic N) is 1. The van der Waals surface area contributed by atoms with Gasteiger partial charge in [-0.3, -0.25) is 9.59 Å². The third-order valence-corrected chi connectivity index (χ3v) is 5.27. The fraction of sp³-hybridized carbons (Fsp3) is 0.684. The van der Waals surface area contributed by atoms with Crippen molar-refractivity contribution >= 4 is 5.91 Å². The van der Waals surface area contributed by atoms with Crippen LogP contribution in [0.4, 0.5) is 0 Å². The minimum absolute atomic E-state index is 0.0883. The molecule has 0 spiro atoms. The smallest absolute Gasteiger partial charge is 0.263 e. The van der Waals surface area contributed by atoms with Crippen LogP contribution in [0.2, 0.25) is 0 Å². The molecule has 1 amide bonds. The van der Waals surface area contributed by atoms with Crippen molar-refractivity contribution in [1.29, 1.82) is 0 Å². The molecule has 1 N–H and O–H groups in total. The Balaban J connectivity index is 1.92. The lowest BCUT2D eigenvalue weighted by molar-refractivity contribution is 0.0935. The second kappa shape index (κ2) is 7.33. The first-order valence-electron chi connectivity index (χ1n) is 9.27. The summed E-state index contributed by atoms with van der Waals surface area (Å²) in [5, 5.41) is 3.07. The quantitative estimate of drug-likeness (QED) is 0.907. The summed E-state index contributed by atoms with van der Waals surface area (Å²) in [6, 6.07) is 2.13. The number of aromatic nitrogens is 1. The lowest BCUT2D eigenvalue weighted by atomic mass is 9.94. The molecular weight excluding hydrogens is 288 g/mol. The van der Waals surface area contributed by atoms with Crippen LogP contribution in [0.25, 0.3) is 0 Å². The number of pyridine rings is 1. The van der Waals surface area contributed by atoms with Gasteiger partial charge in [0.15, 0.2) is 0 Å². The number of hydrogen-bond donors (Lipinski definition) is 1. The monoisotopic (exact) mass is 316 g/mol. The molecule has 126 valence electrons. The van der Waals surface area contributed by atoms with Gasteiger partial charge in [0, 0.05) is 18.3 Å². The molecule has 0 atom stereocenters. The van der Waals surface area contributed by atoms with Crippen molar-refractivity contribution in [3.63, 3.8) is 0 Å². The third kappa shape index (κ3) is 3.51. The van der Waals surface area contributed by atoms with Crippen LogP contribution in [-0.4, -0.2) is 16.5 Å². The average Bonchev–Trinajstić information content (AvgIpc) is 3.06. The zero-order valence-corrected chi connectivity index (χ0v) is 14.2. The van der Waals surface area contributed by atoms with E-state index < -0.39 is 0 Å². The summed E-state index contributed by atoms with van der Waals surface area (Å²) in [5.41, 5.74) is 2.65. The third-order valence-electron chi connectivity index (χ3n) is 5.27. The second-order valence-corrected chi connectivity index (χ2v) is 7.00. The van der Waals surface area contributed by atoms with E-state index in [2.05, 4.69) is 12.2 Å². The zero-order valence-electron chi connectivity index (χ0n) is 14.2. The number of carbonyl (C=O) groups is 1. The van der Waals surface area contributed by atoms with Crippen LogP contribution in [-0.2, 0) is 19.4 Å². The van der Waals surface area contributed by atoms with E-state index in [4.69, 9.17) is 0 Å². The summed E-state index contributed by atoms with van der Waals surface area (Å²) >= 11 is 0. The Hall–Kier alpha value is -1.58. The Kier molecular flexibility index (Phi) is 5.19. The van der Waals surface area contributed by atoms with Crippen molar-refractivity contribution in [3.05, 3.63) is 33.2 Å². The maximum atomic E-state index is 12.9. The van der Waals surface area contributed by atoms with E-state index >= 15 is 0 Å². The van der Waals surface area contributed by atoms with Gasteiger partial charge in [0.05, 0.1) is 0 Å². The fourth-order valence-corrected chi connectivity index (χ4v) is 3.93. The predicted octanol–water partition coefficient (Wildman–Crippen LogP) is 3.20. The molecule has 1 heterocycles. The number of rotatable bonds is 5.